The number of ether oxygens (including phenoxy) is 6. The number of phenolic OH excluding ortho intramolecular Hbond substituents is 1. The van der Waals surface area contributed by atoms with Crippen LogP contribution in [0.2, 0.25) is 0 Å². The first kappa shape index (κ1) is 46.9. The Balaban J connectivity index is 0.000000152. The van der Waals surface area contributed by atoms with Gasteiger partial charge in [-0.1, -0.05) is 115 Å². The van der Waals surface area contributed by atoms with Gasteiger partial charge in [-0.05, 0) is 163 Å². The zero-order valence-electron chi connectivity index (χ0n) is 40.9. The highest BCUT2D eigenvalue weighted by Gasteiger charge is 2.49. The molecule has 70 heavy (non-hydrogen) atoms. The standard InChI is InChI=1S/C32H36O3.C31H34O4/c1-23-9-15-30-27(20-23)12-16-29(25-7-3-2-4-8-25)31(30)26-10-13-28(14-11-26)33-17-5-6-24-21-32(22-24)34-18-19-35-32;32-26-11-15-29-25(19-26)10-14-28(23-6-2-1-3-7-23)30(29)24-8-12-27(13-9-24)33-16-4-5-22-20-31(21-22)34-17-18-35-31/h2-4,7-11,13-15,20,24,29,31H,5-6,12,16-19,21-22H2,1H3;1-3,6-9,11-13,15,19,22,28,30,32H,4-5,10,14,16-18,20-21H2/t29-,31+;28-,30+/m11/s1. The van der Waals surface area contributed by atoms with Gasteiger partial charge in [0, 0.05) is 37.5 Å². The number of hydrogen-bond donors (Lipinski definition) is 1. The fraction of sp³-hybridized carbons (Fsp3) is 0.429. The van der Waals surface area contributed by atoms with E-state index in [9.17, 15) is 5.11 Å². The summed E-state index contributed by atoms with van der Waals surface area (Å²) in [5.74, 6) is 4.74. The molecule has 6 aliphatic rings. The summed E-state index contributed by atoms with van der Waals surface area (Å²) in [4.78, 5) is 0. The molecule has 2 heterocycles. The molecular weight excluding hydrogens is 869 g/mol. The van der Waals surface area contributed by atoms with E-state index in [-0.39, 0.29) is 17.5 Å². The summed E-state index contributed by atoms with van der Waals surface area (Å²) in [5.41, 5.74) is 12.4. The fourth-order valence-corrected chi connectivity index (χ4v) is 12.9. The molecular formula is C63H70O7. The summed E-state index contributed by atoms with van der Waals surface area (Å²) in [7, 11) is 0. The Morgan fingerprint density at radius 1 is 0.486 bits per heavy atom. The number of aryl methyl sites for hydroxylation is 3. The van der Waals surface area contributed by atoms with Crippen molar-refractivity contribution in [3.05, 3.63) is 196 Å². The molecule has 4 atom stereocenters. The number of aromatic hydroxyl groups is 1. The zero-order chi connectivity index (χ0) is 47.3. The second-order valence-corrected chi connectivity index (χ2v) is 21.0. The van der Waals surface area contributed by atoms with E-state index in [1.807, 2.05) is 12.1 Å². The molecule has 0 aromatic heterocycles. The van der Waals surface area contributed by atoms with Gasteiger partial charge in [-0.3, -0.25) is 0 Å². The van der Waals surface area contributed by atoms with Gasteiger partial charge in [-0.2, -0.15) is 0 Å². The SMILES string of the molecule is Cc1ccc2c(c1)CC[C@H](c1ccccc1)[C@@H]2c1ccc(OCCCC2CC3(C2)OCCO3)cc1.Oc1ccc2c(c1)CC[C@H](c1ccccc1)[C@@H]2c1ccc(OCCCC2CC3(C2)OCCO3)cc1. The second kappa shape index (κ2) is 21.1. The van der Waals surface area contributed by atoms with Gasteiger partial charge in [0.15, 0.2) is 11.6 Å². The summed E-state index contributed by atoms with van der Waals surface area (Å²) in [5, 5.41) is 10.0. The minimum Gasteiger partial charge on any atom is -0.508 e. The van der Waals surface area contributed by atoms with Crippen molar-refractivity contribution >= 4 is 0 Å². The zero-order valence-corrected chi connectivity index (χ0v) is 40.9. The van der Waals surface area contributed by atoms with E-state index < -0.39 is 0 Å². The first-order valence-electron chi connectivity index (χ1n) is 26.4. The van der Waals surface area contributed by atoms with E-state index in [0.717, 1.165) is 115 Å². The highest BCUT2D eigenvalue weighted by atomic mass is 16.7. The molecule has 2 aliphatic heterocycles. The molecule has 7 nitrogen and oxygen atoms in total. The third-order valence-corrected chi connectivity index (χ3v) is 16.4. The molecule has 6 aromatic rings. The Bertz CT molecular complexity index is 2430. The van der Waals surface area contributed by atoms with E-state index in [2.05, 4.69) is 140 Å². The quantitative estimate of drug-likeness (QED) is 0.109. The van der Waals surface area contributed by atoms with Crippen LogP contribution in [0.25, 0.3) is 0 Å². The van der Waals surface area contributed by atoms with Crippen LogP contribution in [0.15, 0.2) is 146 Å². The van der Waals surface area contributed by atoms with Crippen LogP contribution in [0.1, 0.15) is 138 Å². The predicted molar refractivity (Wildman–Crippen MR) is 275 cm³/mol. The third-order valence-electron chi connectivity index (χ3n) is 16.4. The first-order valence-corrected chi connectivity index (χ1v) is 26.4. The smallest absolute Gasteiger partial charge is 0.169 e. The summed E-state index contributed by atoms with van der Waals surface area (Å²) in [6.07, 6.45) is 13.0. The van der Waals surface area contributed by atoms with Crippen molar-refractivity contribution in [2.24, 2.45) is 11.8 Å². The number of hydrogen-bond acceptors (Lipinski definition) is 7. The van der Waals surface area contributed by atoms with Gasteiger partial charge < -0.3 is 33.5 Å². The minimum atomic E-state index is -0.241. The van der Waals surface area contributed by atoms with Crippen LogP contribution < -0.4 is 9.47 Å². The monoisotopic (exact) mass is 939 g/mol. The Hall–Kier alpha value is -5.44. The third kappa shape index (κ3) is 10.5. The lowest BCUT2D eigenvalue weighted by molar-refractivity contribution is -0.231. The molecule has 2 spiro atoms. The molecule has 4 aliphatic carbocycles. The van der Waals surface area contributed by atoms with Crippen LogP contribution in [0, 0.1) is 18.8 Å². The van der Waals surface area contributed by atoms with Crippen molar-refractivity contribution in [2.45, 2.75) is 119 Å². The highest BCUT2D eigenvalue weighted by Crippen LogP contribution is 2.50. The largest absolute Gasteiger partial charge is 0.508 e. The summed E-state index contributed by atoms with van der Waals surface area (Å²) < 4.78 is 35.2. The van der Waals surface area contributed by atoms with Crippen LogP contribution in [-0.4, -0.2) is 56.3 Å². The van der Waals surface area contributed by atoms with E-state index in [4.69, 9.17) is 28.4 Å². The van der Waals surface area contributed by atoms with Gasteiger partial charge in [0.1, 0.15) is 17.2 Å². The summed E-state index contributed by atoms with van der Waals surface area (Å²) >= 11 is 0. The van der Waals surface area contributed by atoms with Crippen LogP contribution in [0.3, 0.4) is 0 Å². The molecule has 2 saturated heterocycles. The van der Waals surface area contributed by atoms with Crippen molar-refractivity contribution in [3.63, 3.8) is 0 Å². The van der Waals surface area contributed by atoms with E-state index in [1.54, 1.807) is 0 Å². The van der Waals surface area contributed by atoms with Crippen molar-refractivity contribution in [3.8, 4) is 17.2 Å². The van der Waals surface area contributed by atoms with Crippen LogP contribution >= 0.6 is 0 Å². The van der Waals surface area contributed by atoms with Gasteiger partial charge >= 0.3 is 0 Å². The van der Waals surface area contributed by atoms with E-state index in [1.165, 1.54) is 62.9 Å². The molecule has 6 aromatic carbocycles. The van der Waals surface area contributed by atoms with Crippen molar-refractivity contribution in [1.82, 2.24) is 0 Å². The van der Waals surface area contributed by atoms with Crippen LogP contribution in [0.5, 0.6) is 17.2 Å². The topological polar surface area (TPSA) is 75.6 Å². The number of fused-ring (bicyclic) bond motifs is 2. The van der Waals surface area contributed by atoms with Gasteiger partial charge in [-0.25, -0.2) is 0 Å². The van der Waals surface area contributed by atoms with Gasteiger partial charge in [0.2, 0.25) is 0 Å². The molecule has 0 radical (unpaired) electrons. The van der Waals surface area contributed by atoms with Gasteiger partial charge in [-0.15, -0.1) is 0 Å². The number of phenols is 1. The minimum absolute atomic E-state index is 0.227. The van der Waals surface area contributed by atoms with Crippen molar-refractivity contribution in [2.75, 3.05) is 39.6 Å². The number of rotatable bonds is 14. The van der Waals surface area contributed by atoms with Gasteiger partial charge in [0.25, 0.3) is 0 Å². The van der Waals surface area contributed by atoms with Crippen LogP contribution in [0.4, 0.5) is 0 Å². The molecule has 0 unspecified atom stereocenters. The maximum atomic E-state index is 10.0. The summed E-state index contributed by atoms with van der Waals surface area (Å²) in [6.45, 7) is 6.70. The second-order valence-electron chi connectivity index (χ2n) is 21.0. The first-order chi connectivity index (χ1) is 34.4. The predicted octanol–water partition coefficient (Wildman–Crippen LogP) is 13.7. The molecule has 0 amide bonds. The fourth-order valence-electron chi connectivity index (χ4n) is 12.9. The maximum absolute atomic E-state index is 10.0. The molecule has 12 rings (SSSR count). The molecule has 7 heteroatoms. The molecule has 364 valence electrons. The average molecular weight is 939 g/mol. The highest BCUT2D eigenvalue weighted by molar-refractivity contribution is 5.49. The van der Waals surface area contributed by atoms with Crippen LogP contribution in [-0.2, 0) is 31.8 Å². The normalized spacial score (nSPS) is 23.9. The molecule has 4 fully saturated rings. The lowest BCUT2D eigenvalue weighted by atomic mass is 9.69. The lowest BCUT2D eigenvalue weighted by Gasteiger charge is -2.43. The molecule has 1 N–H and O–H groups in total. The van der Waals surface area contributed by atoms with E-state index in [0.29, 0.717) is 35.3 Å². The van der Waals surface area contributed by atoms with E-state index >= 15 is 0 Å². The average Bonchev–Trinajstić information content (AvgIpc) is 4.09. The van der Waals surface area contributed by atoms with Crippen molar-refractivity contribution < 1.29 is 33.5 Å². The molecule has 2 saturated carbocycles. The lowest BCUT2D eigenvalue weighted by Crippen LogP contribution is -2.44. The maximum Gasteiger partial charge on any atom is 0.169 e. The Labute approximate surface area is 415 Å². The summed E-state index contributed by atoms with van der Waals surface area (Å²) in [6, 6.07) is 52.4. The Morgan fingerprint density at radius 3 is 1.37 bits per heavy atom. The van der Waals surface area contributed by atoms with Gasteiger partial charge in [0.05, 0.1) is 39.6 Å². The van der Waals surface area contributed by atoms with Crippen molar-refractivity contribution in [1.29, 1.82) is 0 Å². The molecule has 0 bridgehead atoms. The number of benzene rings is 6. The Morgan fingerprint density at radius 2 is 0.914 bits per heavy atom. The Kier molecular flexibility index (Phi) is 14.1.